The molecule has 2 saturated carbocycles. The van der Waals surface area contributed by atoms with Crippen molar-refractivity contribution in [1.82, 2.24) is 9.97 Å². The highest BCUT2D eigenvalue weighted by Gasteiger charge is 2.45. The zero-order valence-electron chi connectivity index (χ0n) is 18.2. The van der Waals surface area contributed by atoms with Crippen molar-refractivity contribution in [3.63, 3.8) is 0 Å². The number of aromatic nitrogens is 2. The highest BCUT2D eigenvalue weighted by atomic mass is 19.1. The molecule has 2 aromatic heterocycles. The number of terminal acetylenes is 1. The van der Waals surface area contributed by atoms with Crippen LogP contribution < -0.4 is 5.32 Å². The van der Waals surface area contributed by atoms with E-state index < -0.39 is 5.92 Å². The molecule has 33 heavy (non-hydrogen) atoms. The van der Waals surface area contributed by atoms with Gasteiger partial charge in [-0.3, -0.25) is 9.78 Å². The molecular weight excluding hydrogens is 417 g/mol. The van der Waals surface area contributed by atoms with Gasteiger partial charge in [0.1, 0.15) is 11.6 Å². The summed E-state index contributed by atoms with van der Waals surface area (Å²) < 4.78 is 13.9. The average molecular weight is 444 g/mol. The molecule has 1 amide bonds. The molecule has 2 heterocycles. The largest absolute Gasteiger partial charge is 0.396 e. The Morgan fingerprint density at radius 1 is 1.15 bits per heavy atom. The molecule has 3 unspecified atom stereocenters. The number of pyridine rings is 2. The van der Waals surface area contributed by atoms with Crippen molar-refractivity contribution < 1.29 is 14.3 Å². The minimum absolute atomic E-state index is 0.141. The van der Waals surface area contributed by atoms with Crippen molar-refractivity contribution >= 4 is 22.6 Å². The van der Waals surface area contributed by atoms with Gasteiger partial charge in [-0.15, -0.1) is 6.42 Å². The molecular formula is C27H26FN3O2. The minimum atomic E-state index is -0.459. The molecule has 3 aromatic rings. The summed E-state index contributed by atoms with van der Waals surface area (Å²) in [6.45, 7) is -0.184. The number of halogens is 1. The predicted molar refractivity (Wildman–Crippen MR) is 125 cm³/mol. The zero-order valence-corrected chi connectivity index (χ0v) is 18.2. The number of carbonyl (C=O) groups is 1. The molecule has 2 fully saturated rings. The predicted octanol–water partition coefficient (Wildman–Crippen LogP) is 4.52. The number of carbonyl (C=O) groups excluding carboxylic acids is 1. The van der Waals surface area contributed by atoms with E-state index in [1.807, 2.05) is 12.3 Å². The Bertz CT molecular complexity index is 1210. The minimum Gasteiger partial charge on any atom is -0.396 e. The second kappa shape index (κ2) is 8.92. The Hall–Kier alpha value is -3.30. The monoisotopic (exact) mass is 443 g/mol. The maximum absolute atomic E-state index is 13.9. The SMILES string of the molecule is C#Cc1ccc(NC(=O)C(CO)C2CC3CC(c4ccnc5ccc(F)cc45)CC3C2)nc1. The van der Waals surface area contributed by atoms with E-state index >= 15 is 0 Å². The number of hydrogen-bond donors (Lipinski definition) is 2. The normalized spacial score (nSPS) is 24.9. The van der Waals surface area contributed by atoms with Gasteiger partial charge in [-0.2, -0.15) is 0 Å². The Morgan fingerprint density at radius 3 is 2.61 bits per heavy atom. The number of amides is 1. The lowest BCUT2D eigenvalue weighted by Crippen LogP contribution is -2.31. The van der Waals surface area contributed by atoms with Gasteiger partial charge in [0, 0.05) is 23.3 Å². The third kappa shape index (κ3) is 4.21. The molecule has 0 saturated heterocycles. The van der Waals surface area contributed by atoms with E-state index in [9.17, 15) is 14.3 Å². The number of hydrogen-bond acceptors (Lipinski definition) is 4. The van der Waals surface area contributed by atoms with Crippen molar-refractivity contribution in [2.24, 2.45) is 23.7 Å². The second-order valence-electron chi connectivity index (χ2n) is 9.34. The number of benzene rings is 1. The first-order valence-corrected chi connectivity index (χ1v) is 11.4. The van der Waals surface area contributed by atoms with Crippen LogP contribution in [0.15, 0.2) is 48.8 Å². The average Bonchev–Trinajstić information content (AvgIpc) is 3.39. The second-order valence-corrected chi connectivity index (χ2v) is 9.34. The number of fused-ring (bicyclic) bond motifs is 2. The number of nitrogens with one attached hydrogen (secondary N) is 1. The highest BCUT2D eigenvalue weighted by molar-refractivity contribution is 5.92. The molecule has 5 rings (SSSR count). The summed E-state index contributed by atoms with van der Waals surface area (Å²) >= 11 is 0. The third-order valence-corrected chi connectivity index (χ3v) is 7.51. The molecule has 168 valence electrons. The van der Waals surface area contributed by atoms with E-state index in [0.29, 0.717) is 29.1 Å². The maximum atomic E-state index is 13.9. The number of rotatable bonds is 5. The van der Waals surface area contributed by atoms with Gasteiger partial charge in [0.2, 0.25) is 5.91 Å². The van der Waals surface area contributed by atoms with Gasteiger partial charge in [-0.05, 0) is 91.3 Å². The van der Waals surface area contributed by atoms with Gasteiger partial charge in [-0.1, -0.05) is 5.92 Å². The van der Waals surface area contributed by atoms with E-state index in [0.717, 1.165) is 36.6 Å². The van der Waals surface area contributed by atoms with Gasteiger partial charge < -0.3 is 10.4 Å². The Labute approximate surface area is 192 Å². The van der Waals surface area contributed by atoms with Crippen LogP contribution in [0, 0.1) is 41.8 Å². The summed E-state index contributed by atoms with van der Waals surface area (Å²) in [4.78, 5) is 21.4. The first kappa shape index (κ1) is 21.5. The Morgan fingerprint density at radius 2 is 1.94 bits per heavy atom. The summed E-state index contributed by atoms with van der Waals surface area (Å²) in [6, 6.07) is 10.2. The quantitative estimate of drug-likeness (QED) is 0.569. The first-order chi connectivity index (χ1) is 16.1. The number of anilines is 1. The van der Waals surface area contributed by atoms with E-state index in [2.05, 4.69) is 21.2 Å². The molecule has 2 aliphatic rings. The van der Waals surface area contributed by atoms with Crippen LogP contribution in [0.4, 0.5) is 10.2 Å². The fourth-order valence-corrected chi connectivity index (χ4v) is 5.96. The van der Waals surface area contributed by atoms with E-state index in [4.69, 9.17) is 6.42 Å². The molecule has 5 nitrogen and oxygen atoms in total. The number of aliphatic hydroxyl groups excluding tert-OH is 1. The Kier molecular flexibility index (Phi) is 5.82. The topological polar surface area (TPSA) is 75.1 Å². The zero-order chi connectivity index (χ0) is 22.9. The van der Waals surface area contributed by atoms with Crippen LogP contribution in [0.2, 0.25) is 0 Å². The summed E-state index contributed by atoms with van der Waals surface area (Å²) in [7, 11) is 0. The summed E-state index contributed by atoms with van der Waals surface area (Å²) in [5.74, 6) is 3.56. The molecule has 0 spiro atoms. The smallest absolute Gasteiger partial charge is 0.231 e. The molecule has 0 aliphatic heterocycles. The Balaban J connectivity index is 1.25. The van der Waals surface area contributed by atoms with E-state index in [1.165, 1.54) is 11.6 Å². The molecule has 3 atom stereocenters. The van der Waals surface area contributed by atoms with Crippen molar-refractivity contribution in [2.45, 2.75) is 31.6 Å². The van der Waals surface area contributed by atoms with Crippen LogP contribution in [-0.4, -0.2) is 27.6 Å². The third-order valence-electron chi connectivity index (χ3n) is 7.51. The molecule has 0 bridgehead atoms. The van der Waals surface area contributed by atoms with E-state index in [1.54, 1.807) is 30.5 Å². The van der Waals surface area contributed by atoms with Crippen molar-refractivity contribution in [2.75, 3.05) is 11.9 Å². The van der Waals surface area contributed by atoms with Crippen LogP contribution in [0.25, 0.3) is 10.9 Å². The molecule has 1 aromatic carbocycles. The number of aliphatic hydroxyl groups is 1. The fraction of sp³-hybridized carbons (Fsp3) is 0.370. The molecule has 2 aliphatic carbocycles. The lowest BCUT2D eigenvalue weighted by molar-refractivity contribution is -0.122. The van der Waals surface area contributed by atoms with Gasteiger partial charge in [-0.25, -0.2) is 9.37 Å². The van der Waals surface area contributed by atoms with Gasteiger partial charge in [0.05, 0.1) is 18.0 Å². The molecule has 6 heteroatoms. The molecule has 2 N–H and O–H groups in total. The van der Waals surface area contributed by atoms with Crippen LogP contribution in [0.5, 0.6) is 0 Å². The van der Waals surface area contributed by atoms with Crippen molar-refractivity contribution in [1.29, 1.82) is 0 Å². The van der Waals surface area contributed by atoms with Crippen LogP contribution >= 0.6 is 0 Å². The van der Waals surface area contributed by atoms with E-state index in [-0.39, 0.29) is 24.2 Å². The summed E-state index contributed by atoms with van der Waals surface area (Å²) in [5, 5.41) is 13.7. The van der Waals surface area contributed by atoms with Crippen LogP contribution in [0.3, 0.4) is 0 Å². The summed E-state index contributed by atoms with van der Waals surface area (Å²) in [6.07, 6.45) is 12.6. The van der Waals surface area contributed by atoms with Gasteiger partial charge in [0.25, 0.3) is 0 Å². The summed E-state index contributed by atoms with van der Waals surface area (Å²) in [5.41, 5.74) is 2.64. The lowest BCUT2D eigenvalue weighted by atomic mass is 9.85. The van der Waals surface area contributed by atoms with Crippen LogP contribution in [0.1, 0.15) is 42.7 Å². The standard InChI is InChI=1S/C27H26FN3O2/c1-2-16-3-6-26(30-14-16)31-27(33)24(15-32)20-11-17-9-19(10-18(17)12-20)22-7-8-29-25-5-4-21(28)13-23(22)25/h1,3-8,13-14,17-20,24,32H,9-12,15H2,(H,30,31,33). The highest BCUT2D eigenvalue weighted by Crippen LogP contribution is 2.54. The molecule has 0 radical (unpaired) electrons. The van der Waals surface area contributed by atoms with Crippen molar-refractivity contribution in [3.05, 3.63) is 65.7 Å². The number of nitrogens with zero attached hydrogens (tertiary/aromatic N) is 2. The fourth-order valence-electron chi connectivity index (χ4n) is 5.96. The van der Waals surface area contributed by atoms with Crippen LogP contribution in [-0.2, 0) is 4.79 Å². The van der Waals surface area contributed by atoms with Crippen molar-refractivity contribution in [3.8, 4) is 12.3 Å². The maximum Gasteiger partial charge on any atom is 0.231 e. The van der Waals surface area contributed by atoms with Gasteiger partial charge >= 0.3 is 0 Å². The first-order valence-electron chi connectivity index (χ1n) is 11.4. The lowest BCUT2D eigenvalue weighted by Gasteiger charge is -2.22. The van der Waals surface area contributed by atoms with Gasteiger partial charge in [0.15, 0.2) is 0 Å².